The Labute approximate surface area is 144 Å². The van der Waals surface area contributed by atoms with Gasteiger partial charge in [-0.1, -0.05) is 30.0 Å². The first-order valence-corrected chi connectivity index (χ1v) is 8.54. The second-order valence-electron chi connectivity index (χ2n) is 5.68. The van der Waals surface area contributed by atoms with Crippen LogP contribution in [0.2, 0.25) is 0 Å². The van der Waals surface area contributed by atoms with Crippen molar-refractivity contribution in [2.75, 3.05) is 6.54 Å². The van der Waals surface area contributed by atoms with Crippen LogP contribution in [0.25, 0.3) is 0 Å². The standard InChI is InChI=1S/C21H24N2O/c24-21(23-16-8-12-20-14-17-22-18-15-20)13-7-2-1-4-9-19-10-5-3-6-11-19/h3,5-6,10-11,14-15,17-18H,1-2,7-8,12-13,16H2,(H,23,24). The minimum absolute atomic E-state index is 0.140. The third-order valence-corrected chi connectivity index (χ3v) is 3.68. The molecule has 1 aromatic carbocycles. The number of nitrogens with one attached hydrogen (secondary N) is 1. The molecule has 2 aromatic rings. The third-order valence-electron chi connectivity index (χ3n) is 3.68. The van der Waals surface area contributed by atoms with Gasteiger partial charge in [0.1, 0.15) is 0 Å². The Kier molecular flexibility index (Phi) is 8.15. The van der Waals surface area contributed by atoms with E-state index in [4.69, 9.17) is 0 Å². The monoisotopic (exact) mass is 320 g/mol. The summed E-state index contributed by atoms with van der Waals surface area (Å²) in [6.45, 7) is 0.731. The number of aromatic nitrogens is 1. The lowest BCUT2D eigenvalue weighted by molar-refractivity contribution is -0.121. The van der Waals surface area contributed by atoms with Crippen LogP contribution < -0.4 is 5.32 Å². The third kappa shape index (κ3) is 7.60. The van der Waals surface area contributed by atoms with E-state index in [9.17, 15) is 4.79 Å². The molecule has 3 nitrogen and oxygen atoms in total. The van der Waals surface area contributed by atoms with Gasteiger partial charge in [-0.3, -0.25) is 9.78 Å². The van der Waals surface area contributed by atoms with Crippen LogP contribution in [-0.2, 0) is 11.2 Å². The zero-order chi connectivity index (χ0) is 16.9. The number of pyridine rings is 1. The number of rotatable bonds is 8. The molecule has 0 radical (unpaired) electrons. The Balaban J connectivity index is 1.49. The van der Waals surface area contributed by atoms with Crippen molar-refractivity contribution >= 4 is 5.91 Å². The molecule has 2 rings (SSSR count). The molecule has 1 N–H and O–H groups in total. The van der Waals surface area contributed by atoms with E-state index in [1.807, 2.05) is 42.5 Å². The summed E-state index contributed by atoms with van der Waals surface area (Å²) in [5, 5.41) is 2.98. The SMILES string of the molecule is O=C(CCCCC#Cc1ccccc1)NCCCc1ccncc1. The molecule has 0 fully saturated rings. The van der Waals surface area contributed by atoms with E-state index < -0.39 is 0 Å². The predicted molar refractivity (Wildman–Crippen MR) is 97.4 cm³/mol. The molecule has 1 heterocycles. The summed E-state index contributed by atoms with van der Waals surface area (Å²) in [6.07, 6.45) is 8.80. The van der Waals surface area contributed by atoms with Crippen LogP contribution >= 0.6 is 0 Å². The average Bonchev–Trinajstić information content (AvgIpc) is 2.63. The first-order chi connectivity index (χ1) is 11.8. The molecule has 0 unspecified atom stereocenters. The number of unbranched alkanes of at least 4 members (excludes halogenated alkanes) is 2. The Morgan fingerprint density at radius 2 is 1.79 bits per heavy atom. The molecule has 0 saturated heterocycles. The van der Waals surface area contributed by atoms with E-state index in [1.165, 1.54) is 5.56 Å². The van der Waals surface area contributed by atoms with E-state index in [0.29, 0.717) is 6.42 Å². The maximum absolute atomic E-state index is 11.8. The normalized spacial score (nSPS) is 9.83. The van der Waals surface area contributed by atoms with Crippen molar-refractivity contribution in [1.29, 1.82) is 0 Å². The van der Waals surface area contributed by atoms with Crippen molar-refractivity contribution in [3.63, 3.8) is 0 Å². The van der Waals surface area contributed by atoms with Crippen molar-refractivity contribution in [3.05, 3.63) is 66.0 Å². The molecule has 24 heavy (non-hydrogen) atoms. The molecule has 1 amide bonds. The Morgan fingerprint density at radius 3 is 2.58 bits per heavy atom. The van der Waals surface area contributed by atoms with Crippen LogP contribution in [0.1, 0.15) is 43.2 Å². The zero-order valence-electron chi connectivity index (χ0n) is 14.0. The fourth-order valence-electron chi connectivity index (χ4n) is 2.34. The fraction of sp³-hybridized carbons (Fsp3) is 0.333. The molecular weight excluding hydrogens is 296 g/mol. The maximum atomic E-state index is 11.8. The number of carbonyl (C=O) groups excluding carboxylic acids is 1. The molecule has 124 valence electrons. The van der Waals surface area contributed by atoms with Crippen LogP contribution in [0.15, 0.2) is 54.9 Å². The fourth-order valence-corrected chi connectivity index (χ4v) is 2.34. The van der Waals surface area contributed by atoms with Gasteiger partial charge in [0.15, 0.2) is 0 Å². The Morgan fingerprint density at radius 1 is 1.00 bits per heavy atom. The molecule has 0 aliphatic rings. The number of benzene rings is 1. The summed E-state index contributed by atoms with van der Waals surface area (Å²) in [7, 11) is 0. The Bertz CT molecular complexity index is 656. The molecule has 0 aliphatic carbocycles. The largest absolute Gasteiger partial charge is 0.356 e. The van der Waals surface area contributed by atoms with Gasteiger partial charge in [-0.15, -0.1) is 0 Å². The van der Waals surface area contributed by atoms with Gasteiger partial charge in [0.05, 0.1) is 0 Å². The lowest BCUT2D eigenvalue weighted by Gasteiger charge is -2.04. The summed E-state index contributed by atoms with van der Waals surface area (Å²) >= 11 is 0. The summed E-state index contributed by atoms with van der Waals surface area (Å²) in [5.74, 6) is 6.43. The van der Waals surface area contributed by atoms with Crippen LogP contribution in [0, 0.1) is 11.8 Å². The number of carbonyl (C=O) groups is 1. The van der Waals surface area contributed by atoms with Gasteiger partial charge < -0.3 is 5.32 Å². The lowest BCUT2D eigenvalue weighted by Crippen LogP contribution is -2.24. The highest BCUT2D eigenvalue weighted by Gasteiger charge is 2.00. The molecule has 0 bridgehead atoms. The van der Waals surface area contributed by atoms with Crippen LogP contribution in [0.5, 0.6) is 0 Å². The first-order valence-electron chi connectivity index (χ1n) is 8.54. The number of hydrogen-bond donors (Lipinski definition) is 1. The van der Waals surface area contributed by atoms with Crippen molar-refractivity contribution in [2.24, 2.45) is 0 Å². The van der Waals surface area contributed by atoms with E-state index in [1.54, 1.807) is 12.4 Å². The van der Waals surface area contributed by atoms with E-state index in [0.717, 1.165) is 44.2 Å². The van der Waals surface area contributed by atoms with E-state index in [2.05, 4.69) is 22.1 Å². The van der Waals surface area contributed by atoms with Crippen LogP contribution in [0.3, 0.4) is 0 Å². The van der Waals surface area contributed by atoms with Gasteiger partial charge in [-0.05, 0) is 55.5 Å². The first kappa shape index (κ1) is 17.7. The summed E-state index contributed by atoms with van der Waals surface area (Å²) in [5.41, 5.74) is 2.31. The lowest BCUT2D eigenvalue weighted by atomic mass is 10.1. The van der Waals surface area contributed by atoms with Crippen molar-refractivity contribution in [1.82, 2.24) is 10.3 Å². The summed E-state index contributed by atoms with van der Waals surface area (Å²) < 4.78 is 0. The van der Waals surface area contributed by atoms with Crippen molar-refractivity contribution in [2.45, 2.75) is 38.5 Å². The average molecular weight is 320 g/mol. The highest BCUT2D eigenvalue weighted by atomic mass is 16.1. The summed E-state index contributed by atoms with van der Waals surface area (Å²) in [6, 6.07) is 14.0. The van der Waals surface area contributed by atoms with Gasteiger partial charge in [0.2, 0.25) is 5.91 Å². The predicted octanol–water partition coefficient (Wildman–Crippen LogP) is 3.74. The van der Waals surface area contributed by atoms with Crippen molar-refractivity contribution in [3.8, 4) is 11.8 Å². The van der Waals surface area contributed by atoms with Crippen LogP contribution in [0.4, 0.5) is 0 Å². The van der Waals surface area contributed by atoms with E-state index in [-0.39, 0.29) is 5.91 Å². The second kappa shape index (κ2) is 11.0. The molecule has 1 aromatic heterocycles. The topological polar surface area (TPSA) is 42.0 Å². The molecule has 0 saturated carbocycles. The van der Waals surface area contributed by atoms with Crippen LogP contribution in [-0.4, -0.2) is 17.4 Å². The van der Waals surface area contributed by atoms with Gasteiger partial charge in [-0.25, -0.2) is 0 Å². The second-order valence-corrected chi connectivity index (χ2v) is 5.68. The molecule has 0 aliphatic heterocycles. The minimum Gasteiger partial charge on any atom is -0.356 e. The molecule has 0 spiro atoms. The van der Waals surface area contributed by atoms with Gasteiger partial charge in [0.25, 0.3) is 0 Å². The minimum atomic E-state index is 0.140. The number of aryl methyl sites for hydroxylation is 1. The van der Waals surface area contributed by atoms with Gasteiger partial charge >= 0.3 is 0 Å². The highest BCUT2D eigenvalue weighted by Crippen LogP contribution is 2.02. The maximum Gasteiger partial charge on any atom is 0.219 e. The molecular formula is C21H24N2O. The number of amides is 1. The van der Waals surface area contributed by atoms with Gasteiger partial charge in [-0.2, -0.15) is 0 Å². The quantitative estimate of drug-likeness (QED) is 0.594. The Hall–Kier alpha value is -2.60. The van der Waals surface area contributed by atoms with Crippen molar-refractivity contribution < 1.29 is 4.79 Å². The van der Waals surface area contributed by atoms with E-state index >= 15 is 0 Å². The van der Waals surface area contributed by atoms with Gasteiger partial charge in [0, 0.05) is 37.3 Å². The summed E-state index contributed by atoms with van der Waals surface area (Å²) in [4.78, 5) is 15.7. The molecule has 0 atom stereocenters. The number of nitrogens with zero attached hydrogens (tertiary/aromatic N) is 1. The number of hydrogen-bond acceptors (Lipinski definition) is 2. The zero-order valence-corrected chi connectivity index (χ0v) is 14.0. The smallest absolute Gasteiger partial charge is 0.219 e. The highest BCUT2D eigenvalue weighted by molar-refractivity contribution is 5.75. The molecule has 3 heteroatoms.